The van der Waals surface area contributed by atoms with E-state index in [1.807, 2.05) is 13.0 Å². The van der Waals surface area contributed by atoms with Crippen molar-refractivity contribution in [2.75, 3.05) is 0 Å². The number of benzene rings is 1. The molecule has 0 aliphatic carbocycles. The standard InChI is InChI=1S/C14H23NO/c1-10(15)7-12-8-11(5-6-13(12)16)9-14(2,3)4/h5-6,8,10,16H,7,9,15H2,1-4H3. The Morgan fingerprint density at radius 2 is 1.94 bits per heavy atom. The summed E-state index contributed by atoms with van der Waals surface area (Å²) in [6.45, 7) is 8.59. The summed E-state index contributed by atoms with van der Waals surface area (Å²) in [7, 11) is 0. The first-order valence-electron chi connectivity index (χ1n) is 5.84. The monoisotopic (exact) mass is 221 g/mol. The van der Waals surface area contributed by atoms with Gasteiger partial charge in [-0.3, -0.25) is 0 Å². The lowest BCUT2D eigenvalue weighted by molar-refractivity contribution is 0.410. The van der Waals surface area contributed by atoms with Gasteiger partial charge in [0, 0.05) is 6.04 Å². The van der Waals surface area contributed by atoms with Crippen LogP contribution >= 0.6 is 0 Å². The Morgan fingerprint density at radius 1 is 1.31 bits per heavy atom. The molecule has 0 amide bonds. The largest absolute Gasteiger partial charge is 0.508 e. The summed E-state index contributed by atoms with van der Waals surface area (Å²) in [5.41, 5.74) is 8.25. The van der Waals surface area contributed by atoms with Crippen LogP contribution in [0.2, 0.25) is 0 Å². The van der Waals surface area contributed by atoms with Gasteiger partial charge in [0.25, 0.3) is 0 Å². The molecule has 2 heteroatoms. The fraction of sp³-hybridized carbons (Fsp3) is 0.571. The number of hydrogen-bond donors (Lipinski definition) is 2. The smallest absolute Gasteiger partial charge is 0.118 e. The molecule has 0 aliphatic rings. The average Bonchev–Trinajstić information content (AvgIpc) is 2.07. The molecule has 1 aromatic rings. The molecule has 0 aromatic heterocycles. The summed E-state index contributed by atoms with van der Waals surface area (Å²) in [4.78, 5) is 0. The second kappa shape index (κ2) is 4.88. The first-order chi connectivity index (χ1) is 7.28. The zero-order valence-electron chi connectivity index (χ0n) is 10.7. The Hall–Kier alpha value is -1.02. The van der Waals surface area contributed by atoms with Crippen LogP contribution in [0.5, 0.6) is 5.75 Å². The molecule has 0 aliphatic heterocycles. The summed E-state index contributed by atoms with van der Waals surface area (Å²) < 4.78 is 0. The lowest BCUT2D eigenvalue weighted by Gasteiger charge is -2.19. The number of hydrogen-bond acceptors (Lipinski definition) is 2. The molecule has 1 aromatic carbocycles. The molecular formula is C14H23NO. The predicted octanol–water partition coefficient (Wildman–Crippen LogP) is 2.87. The molecule has 0 heterocycles. The fourth-order valence-electron chi connectivity index (χ4n) is 1.87. The molecule has 0 spiro atoms. The van der Waals surface area contributed by atoms with Gasteiger partial charge in [-0.25, -0.2) is 0 Å². The Bertz CT molecular complexity index is 350. The number of phenolic OH excluding ortho intramolecular Hbond substituents is 1. The third-order valence-electron chi connectivity index (χ3n) is 2.42. The highest BCUT2D eigenvalue weighted by molar-refractivity contribution is 5.37. The first kappa shape index (κ1) is 13.0. The fourth-order valence-corrected chi connectivity index (χ4v) is 1.87. The number of aromatic hydroxyl groups is 1. The van der Waals surface area contributed by atoms with E-state index in [4.69, 9.17) is 5.73 Å². The lowest BCUT2D eigenvalue weighted by atomic mass is 9.87. The maximum atomic E-state index is 9.73. The molecule has 1 unspecified atom stereocenters. The van der Waals surface area contributed by atoms with Gasteiger partial charge in [0.15, 0.2) is 0 Å². The van der Waals surface area contributed by atoms with Crippen LogP contribution in [0, 0.1) is 5.41 Å². The molecular weight excluding hydrogens is 198 g/mol. The van der Waals surface area contributed by atoms with E-state index in [0.717, 1.165) is 18.4 Å². The number of nitrogens with two attached hydrogens (primary N) is 1. The Morgan fingerprint density at radius 3 is 2.44 bits per heavy atom. The van der Waals surface area contributed by atoms with Crippen LogP contribution in [0.4, 0.5) is 0 Å². The van der Waals surface area contributed by atoms with Crippen LogP contribution in [0.25, 0.3) is 0 Å². The number of rotatable bonds is 3. The van der Waals surface area contributed by atoms with Gasteiger partial charge in [0.05, 0.1) is 0 Å². The second-order valence-electron chi connectivity index (χ2n) is 5.88. The zero-order chi connectivity index (χ0) is 12.3. The minimum absolute atomic E-state index is 0.0794. The highest BCUT2D eigenvalue weighted by Crippen LogP contribution is 2.25. The Kier molecular flexibility index (Phi) is 3.98. The van der Waals surface area contributed by atoms with Gasteiger partial charge >= 0.3 is 0 Å². The van der Waals surface area contributed by atoms with Gasteiger partial charge in [-0.05, 0) is 42.4 Å². The van der Waals surface area contributed by atoms with E-state index in [2.05, 4.69) is 26.8 Å². The Balaban J connectivity index is 2.89. The second-order valence-corrected chi connectivity index (χ2v) is 5.88. The first-order valence-corrected chi connectivity index (χ1v) is 5.84. The molecule has 2 nitrogen and oxygen atoms in total. The molecule has 0 saturated heterocycles. The van der Waals surface area contributed by atoms with E-state index in [-0.39, 0.29) is 11.5 Å². The van der Waals surface area contributed by atoms with Crippen molar-refractivity contribution in [3.63, 3.8) is 0 Å². The maximum absolute atomic E-state index is 9.73. The molecule has 16 heavy (non-hydrogen) atoms. The maximum Gasteiger partial charge on any atom is 0.118 e. The van der Waals surface area contributed by atoms with Crippen molar-refractivity contribution in [1.29, 1.82) is 0 Å². The zero-order valence-corrected chi connectivity index (χ0v) is 10.7. The minimum Gasteiger partial charge on any atom is -0.508 e. The van der Waals surface area contributed by atoms with Crippen LogP contribution in [-0.2, 0) is 12.8 Å². The number of phenols is 1. The summed E-state index contributed by atoms with van der Waals surface area (Å²) in [5, 5.41) is 9.73. The van der Waals surface area contributed by atoms with Crippen molar-refractivity contribution >= 4 is 0 Å². The van der Waals surface area contributed by atoms with Gasteiger partial charge in [-0.15, -0.1) is 0 Å². The molecule has 1 rings (SSSR count). The molecule has 0 radical (unpaired) electrons. The highest BCUT2D eigenvalue weighted by Gasteiger charge is 2.13. The molecule has 0 saturated carbocycles. The van der Waals surface area contributed by atoms with Crippen molar-refractivity contribution in [1.82, 2.24) is 0 Å². The van der Waals surface area contributed by atoms with Crippen molar-refractivity contribution < 1.29 is 5.11 Å². The normalized spacial score (nSPS) is 13.8. The SMILES string of the molecule is CC(N)Cc1cc(CC(C)(C)C)ccc1O. The van der Waals surface area contributed by atoms with E-state index in [0.29, 0.717) is 5.75 Å². The van der Waals surface area contributed by atoms with E-state index in [1.165, 1.54) is 5.56 Å². The minimum atomic E-state index is 0.0794. The summed E-state index contributed by atoms with van der Waals surface area (Å²) in [6, 6.07) is 5.92. The molecule has 90 valence electrons. The summed E-state index contributed by atoms with van der Waals surface area (Å²) in [6.07, 6.45) is 1.74. The van der Waals surface area contributed by atoms with Crippen LogP contribution in [0.1, 0.15) is 38.8 Å². The Labute approximate surface area is 98.5 Å². The van der Waals surface area contributed by atoms with E-state index in [9.17, 15) is 5.11 Å². The van der Waals surface area contributed by atoms with Crippen molar-refractivity contribution in [2.24, 2.45) is 11.1 Å². The molecule has 3 N–H and O–H groups in total. The van der Waals surface area contributed by atoms with Gasteiger partial charge in [0.1, 0.15) is 5.75 Å². The van der Waals surface area contributed by atoms with Gasteiger partial charge in [0.2, 0.25) is 0 Å². The topological polar surface area (TPSA) is 46.2 Å². The van der Waals surface area contributed by atoms with Crippen LogP contribution in [-0.4, -0.2) is 11.1 Å². The highest BCUT2D eigenvalue weighted by atomic mass is 16.3. The van der Waals surface area contributed by atoms with Crippen molar-refractivity contribution in [3.05, 3.63) is 29.3 Å². The van der Waals surface area contributed by atoms with E-state index >= 15 is 0 Å². The lowest BCUT2D eigenvalue weighted by Crippen LogP contribution is -2.18. The van der Waals surface area contributed by atoms with Gasteiger partial charge in [-0.1, -0.05) is 32.9 Å². The van der Waals surface area contributed by atoms with Gasteiger partial charge in [-0.2, -0.15) is 0 Å². The van der Waals surface area contributed by atoms with Crippen molar-refractivity contribution in [2.45, 2.75) is 46.6 Å². The summed E-state index contributed by atoms with van der Waals surface area (Å²) >= 11 is 0. The third kappa shape index (κ3) is 4.23. The predicted molar refractivity (Wildman–Crippen MR) is 68.6 cm³/mol. The van der Waals surface area contributed by atoms with Crippen LogP contribution < -0.4 is 5.73 Å². The summed E-state index contributed by atoms with van der Waals surface area (Å²) in [5.74, 6) is 0.356. The van der Waals surface area contributed by atoms with Gasteiger partial charge < -0.3 is 10.8 Å². The molecule has 1 atom stereocenters. The average molecular weight is 221 g/mol. The molecule has 0 bridgehead atoms. The van der Waals surface area contributed by atoms with E-state index in [1.54, 1.807) is 6.07 Å². The van der Waals surface area contributed by atoms with Crippen LogP contribution in [0.15, 0.2) is 18.2 Å². The van der Waals surface area contributed by atoms with Crippen molar-refractivity contribution in [3.8, 4) is 5.75 Å². The third-order valence-corrected chi connectivity index (χ3v) is 2.42. The van der Waals surface area contributed by atoms with E-state index < -0.39 is 0 Å². The molecule has 0 fully saturated rings. The van der Waals surface area contributed by atoms with Crippen LogP contribution in [0.3, 0.4) is 0 Å². The quantitative estimate of drug-likeness (QED) is 0.824.